The molecule has 0 radical (unpaired) electrons. The number of hydrogen-bond acceptors (Lipinski definition) is 1. The summed E-state index contributed by atoms with van der Waals surface area (Å²) in [6.07, 6.45) is 1.83. The van der Waals surface area contributed by atoms with Crippen LogP contribution in [0.25, 0.3) is 11.3 Å². The van der Waals surface area contributed by atoms with Gasteiger partial charge in [-0.2, -0.15) is 0 Å². The van der Waals surface area contributed by atoms with Crippen molar-refractivity contribution in [2.45, 2.75) is 11.4 Å². The maximum atomic E-state index is 4.34. The minimum atomic E-state index is -0.726. The topological polar surface area (TPSA) is 12.9 Å². The number of benzene rings is 1. The zero-order valence-electron chi connectivity index (χ0n) is 9.01. The van der Waals surface area contributed by atoms with Gasteiger partial charge in [-0.05, 0) is 0 Å². The first-order chi connectivity index (χ1) is 7.27. The van der Waals surface area contributed by atoms with E-state index < -0.39 is 14.7 Å². The van der Waals surface area contributed by atoms with Gasteiger partial charge in [0.15, 0.2) is 0 Å². The third-order valence-electron chi connectivity index (χ3n) is 2.34. The van der Waals surface area contributed by atoms with Crippen molar-refractivity contribution < 1.29 is 0 Å². The van der Waals surface area contributed by atoms with E-state index in [1.807, 2.05) is 24.4 Å². The molecule has 0 bridgehead atoms. The van der Waals surface area contributed by atoms with Crippen LogP contribution < -0.4 is 4.35 Å². The Balaban J connectivity index is 2.32. The molecule has 0 aliphatic rings. The monoisotopic (exact) mass is 259 g/mol. The Bertz CT molecular complexity index is 420. The molecule has 0 unspecified atom stereocenters. The molecule has 0 aliphatic carbocycles. The first-order valence-corrected chi connectivity index (χ1v) is 9.65. The van der Waals surface area contributed by atoms with Crippen LogP contribution >= 0.6 is 0 Å². The van der Waals surface area contributed by atoms with Gasteiger partial charge < -0.3 is 0 Å². The molecule has 0 amide bonds. The van der Waals surface area contributed by atoms with Crippen LogP contribution in [0.4, 0.5) is 0 Å². The predicted molar refractivity (Wildman–Crippen MR) is 66.8 cm³/mol. The van der Waals surface area contributed by atoms with E-state index in [1.54, 1.807) is 0 Å². The fraction of sp³-hybridized carbons (Fsp3) is 0.154. The van der Waals surface area contributed by atoms with E-state index in [9.17, 15) is 0 Å². The summed E-state index contributed by atoms with van der Waals surface area (Å²) in [5.41, 5.74) is 6.96. The summed E-state index contributed by atoms with van der Waals surface area (Å²) < 4.78 is 1.52. The third-order valence-corrected chi connectivity index (χ3v) is 5.14. The van der Waals surface area contributed by atoms with Gasteiger partial charge in [-0.1, -0.05) is 0 Å². The molecule has 2 heteroatoms. The Morgan fingerprint density at radius 1 is 0.933 bits per heavy atom. The van der Waals surface area contributed by atoms with Gasteiger partial charge in [0, 0.05) is 0 Å². The Hall–Kier alpha value is -1.07. The number of nitrogens with zero attached hydrogens (tertiary/aromatic N) is 1. The molecule has 1 aromatic carbocycles. The average molecular weight is 259 g/mol. The third kappa shape index (κ3) is 2.48. The molecule has 0 saturated carbocycles. The van der Waals surface area contributed by atoms with E-state index in [-0.39, 0.29) is 0 Å². The van der Waals surface area contributed by atoms with Crippen molar-refractivity contribution in [1.29, 1.82) is 0 Å². The van der Waals surface area contributed by atoms with E-state index in [0.717, 1.165) is 5.69 Å². The summed E-state index contributed by atoms with van der Waals surface area (Å²) >= 11 is -0.726. The first-order valence-electron chi connectivity index (χ1n) is 4.96. The molecule has 1 heterocycles. The van der Waals surface area contributed by atoms with Crippen LogP contribution in [-0.2, 0) is 0 Å². The summed E-state index contributed by atoms with van der Waals surface area (Å²) in [7, 11) is 0. The molecule has 0 aliphatic heterocycles. The normalized spacial score (nSPS) is 10.6. The summed E-state index contributed by atoms with van der Waals surface area (Å²) in [5, 5.41) is 0. The summed E-state index contributed by atoms with van der Waals surface area (Å²) in [6, 6.07) is 14.8. The summed E-state index contributed by atoms with van der Waals surface area (Å²) in [6.45, 7) is 0. The van der Waals surface area contributed by atoms with Crippen LogP contribution in [0.1, 0.15) is 0 Å². The molecule has 2 rings (SSSR count). The second-order valence-electron chi connectivity index (χ2n) is 3.66. The zero-order chi connectivity index (χ0) is 10.7. The standard InChI is InChI=1S/C13H14AsN/c1-14(2)12-8-6-11(7-9-12)13-5-3-4-10-15-13/h3-10H,1-2H3. The van der Waals surface area contributed by atoms with Gasteiger partial charge >= 0.3 is 95.3 Å². The Morgan fingerprint density at radius 3 is 2.20 bits per heavy atom. The zero-order valence-corrected chi connectivity index (χ0v) is 10.9. The fourth-order valence-corrected chi connectivity index (χ4v) is 3.03. The SMILES string of the molecule is C[As](C)c1ccc(-c2ccccn2)cc1. The first kappa shape index (κ1) is 10.4. The average Bonchev–Trinajstić information content (AvgIpc) is 2.30. The molecular weight excluding hydrogens is 245 g/mol. The molecule has 15 heavy (non-hydrogen) atoms. The van der Waals surface area contributed by atoms with Crippen molar-refractivity contribution in [3.05, 3.63) is 48.7 Å². The van der Waals surface area contributed by atoms with E-state index in [2.05, 4.69) is 40.7 Å². The van der Waals surface area contributed by atoms with E-state index in [4.69, 9.17) is 0 Å². The van der Waals surface area contributed by atoms with E-state index in [1.165, 1.54) is 9.91 Å². The van der Waals surface area contributed by atoms with Crippen LogP contribution in [0.15, 0.2) is 48.7 Å². The van der Waals surface area contributed by atoms with E-state index >= 15 is 0 Å². The van der Waals surface area contributed by atoms with Gasteiger partial charge in [0.25, 0.3) is 0 Å². The van der Waals surface area contributed by atoms with Gasteiger partial charge in [-0.15, -0.1) is 0 Å². The molecule has 0 spiro atoms. The van der Waals surface area contributed by atoms with Gasteiger partial charge in [-0.25, -0.2) is 0 Å². The van der Waals surface area contributed by atoms with Crippen LogP contribution in [0.3, 0.4) is 0 Å². The quantitative estimate of drug-likeness (QED) is 0.756. The number of aromatic nitrogens is 1. The van der Waals surface area contributed by atoms with Crippen LogP contribution in [-0.4, -0.2) is 19.6 Å². The van der Waals surface area contributed by atoms with Crippen LogP contribution in [0, 0.1) is 0 Å². The van der Waals surface area contributed by atoms with Crippen molar-refractivity contribution in [1.82, 2.24) is 4.98 Å². The molecular formula is C13H14AsN. The molecule has 2 aromatic rings. The van der Waals surface area contributed by atoms with Crippen LogP contribution in [0.5, 0.6) is 0 Å². The van der Waals surface area contributed by atoms with Crippen molar-refractivity contribution in [3.63, 3.8) is 0 Å². The Labute approximate surface area is 95.4 Å². The Morgan fingerprint density at radius 2 is 1.67 bits per heavy atom. The fourth-order valence-electron chi connectivity index (χ4n) is 1.46. The number of hydrogen-bond donors (Lipinski definition) is 0. The van der Waals surface area contributed by atoms with Crippen molar-refractivity contribution in [2.75, 3.05) is 0 Å². The summed E-state index contributed by atoms with van der Waals surface area (Å²) in [5.74, 6) is 0. The molecule has 0 atom stereocenters. The number of rotatable bonds is 2. The number of pyridine rings is 1. The van der Waals surface area contributed by atoms with Gasteiger partial charge in [0.1, 0.15) is 0 Å². The maximum absolute atomic E-state index is 4.34. The Kier molecular flexibility index (Phi) is 3.23. The van der Waals surface area contributed by atoms with Gasteiger partial charge in [0.2, 0.25) is 0 Å². The van der Waals surface area contributed by atoms with Crippen LogP contribution in [0.2, 0.25) is 11.4 Å². The molecule has 0 saturated heterocycles. The predicted octanol–water partition coefficient (Wildman–Crippen LogP) is 2.71. The second-order valence-corrected chi connectivity index (χ2v) is 8.49. The molecule has 1 aromatic heterocycles. The van der Waals surface area contributed by atoms with Crippen molar-refractivity contribution in [2.24, 2.45) is 0 Å². The summed E-state index contributed by atoms with van der Waals surface area (Å²) in [4.78, 5) is 4.34. The minimum absolute atomic E-state index is 0.726. The second kappa shape index (κ2) is 4.63. The van der Waals surface area contributed by atoms with E-state index in [0.29, 0.717) is 0 Å². The van der Waals surface area contributed by atoms with Gasteiger partial charge in [0.05, 0.1) is 0 Å². The van der Waals surface area contributed by atoms with Crippen molar-refractivity contribution >= 4 is 19.0 Å². The molecule has 1 nitrogen and oxygen atoms in total. The molecule has 76 valence electrons. The molecule has 0 fully saturated rings. The van der Waals surface area contributed by atoms with Crippen molar-refractivity contribution in [3.8, 4) is 11.3 Å². The van der Waals surface area contributed by atoms with Gasteiger partial charge in [-0.3, -0.25) is 0 Å². The molecule has 0 N–H and O–H groups in total.